The molecule has 0 radical (unpaired) electrons. The second-order valence-corrected chi connectivity index (χ2v) is 13.7. The van der Waals surface area contributed by atoms with Gasteiger partial charge in [0.2, 0.25) is 0 Å². The number of carbonyl (C=O) groups excluding carboxylic acids is 3. The van der Waals surface area contributed by atoms with Crippen molar-refractivity contribution >= 4 is 34.4 Å². The van der Waals surface area contributed by atoms with Crippen LogP contribution in [0, 0.1) is 13.8 Å². The molecule has 246 valence electrons. The number of imidazole rings is 1. The number of aromatic amines is 1. The third-order valence-electron chi connectivity index (χ3n) is 10.1. The monoisotopic (exact) mass is 639 g/mol. The van der Waals surface area contributed by atoms with Crippen LogP contribution in [0.15, 0.2) is 48.2 Å². The van der Waals surface area contributed by atoms with E-state index in [4.69, 9.17) is 14.5 Å². The van der Waals surface area contributed by atoms with Crippen LogP contribution in [0.4, 0.5) is 0 Å². The second-order valence-electron chi connectivity index (χ2n) is 13.7. The van der Waals surface area contributed by atoms with Crippen LogP contribution in [0.25, 0.3) is 16.6 Å². The largest absolute Gasteiger partial charge is 0.489 e. The van der Waals surface area contributed by atoms with Crippen molar-refractivity contribution in [1.82, 2.24) is 25.1 Å². The number of nitrogens with zero attached hydrogens (tertiary/aromatic N) is 4. The standard InChI is InChI=1S/C36H42N6O5/c1-21-6-9-32(22(2)14-21)46-20-27(47-23(3)43)17-37-29-8-7-26-19-42(26,5)36(45)33(29)34-38-30-15-24-18-41(25-10-12-40(4)13-11-25)35(44)28(24)16-31(30)39-34/h6-9,14-16,25-27H,10-13,17-20H2,1-5H3,(H-,37,38,39,44,45)/p+1. The molecule has 0 spiro atoms. The lowest BCUT2D eigenvalue weighted by Crippen LogP contribution is -2.43. The highest BCUT2D eigenvalue weighted by molar-refractivity contribution is 6.18. The van der Waals surface area contributed by atoms with E-state index in [9.17, 15) is 14.4 Å². The Morgan fingerprint density at radius 3 is 2.70 bits per heavy atom. The van der Waals surface area contributed by atoms with Crippen LogP contribution < -0.4 is 10.1 Å². The molecule has 2 amide bonds. The van der Waals surface area contributed by atoms with E-state index in [1.165, 1.54) is 6.92 Å². The zero-order valence-corrected chi connectivity index (χ0v) is 27.8. The highest BCUT2D eigenvalue weighted by Crippen LogP contribution is 2.39. The van der Waals surface area contributed by atoms with Gasteiger partial charge in [0.05, 0.1) is 30.3 Å². The van der Waals surface area contributed by atoms with Crippen molar-refractivity contribution in [1.29, 1.82) is 0 Å². The molecule has 3 unspecified atom stereocenters. The number of H-pyrrole nitrogens is 1. The molecule has 3 atom stereocenters. The van der Waals surface area contributed by atoms with E-state index in [0.29, 0.717) is 34.7 Å². The van der Waals surface area contributed by atoms with Gasteiger partial charge in [-0.25, -0.2) is 14.3 Å². The first-order valence-corrected chi connectivity index (χ1v) is 16.5. The van der Waals surface area contributed by atoms with Crippen LogP contribution in [0.5, 0.6) is 5.75 Å². The minimum atomic E-state index is -0.606. The fourth-order valence-electron chi connectivity index (χ4n) is 7.16. The lowest BCUT2D eigenvalue weighted by molar-refractivity contribution is -0.701. The molecule has 2 N–H and O–H groups in total. The normalized spacial score (nSPS) is 23.5. The average molecular weight is 640 g/mol. The van der Waals surface area contributed by atoms with Gasteiger partial charge in [-0.05, 0) is 88.3 Å². The van der Waals surface area contributed by atoms with Crippen LogP contribution in [0.1, 0.15) is 52.6 Å². The molecule has 47 heavy (non-hydrogen) atoms. The molecule has 5 heterocycles. The molecule has 2 saturated heterocycles. The highest BCUT2D eigenvalue weighted by atomic mass is 16.6. The maximum atomic E-state index is 14.1. The third kappa shape index (κ3) is 5.94. The van der Waals surface area contributed by atoms with E-state index in [2.05, 4.69) is 22.2 Å². The minimum absolute atomic E-state index is 0.0471. The van der Waals surface area contributed by atoms with Gasteiger partial charge >= 0.3 is 11.9 Å². The third-order valence-corrected chi connectivity index (χ3v) is 10.1. The van der Waals surface area contributed by atoms with Crippen LogP contribution in [0.3, 0.4) is 0 Å². The van der Waals surface area contributed by atoms with Crippen molar-refractivity contribution in [3.8, 4) is 5.75 Å². The van der Waals surface area contributed by atoms with E-state index in [-0.39, 0.29) is 41.5 Å². The van der Waals surface area contributed by atoms with Gasteiger partial charge in [-0.1, -0.05) is 17.7 Å². The van der Waals surface area contributed by atoms with Crippen molar-refractivity contribution < 1.29 is 28.3 Å². The highest BCUT2D eigenvalue weighted by Gasteiger charge is 2.58. The Bertz CT molecular complexity index is 1840. The van der Waals surface area contributed by atoms with Crippen LogP contribution >= 0.6 is 0 Å². The van der Waals surface area contributed by atoms with Crippen molar-refractivity contribution in [3.63, 3.8) is 0 Å². The van der Waals surface area contributed by atoms with Crippen molar-refractivity contribution in [2.24, 2.45) is 0 Å². The number of aromatic nitrogens is 2. The maximum Gasteiger partial charge on any atom is 0.352 e. The Balaban J connectivity index is 1.15. The number of likely N-dealkylation sites (tertiary alicyclic amines) is 1. The SMILES string of the molecule is CC(=O)OC(CNC1=C(c2nc3cc4c(cc3[nH]2)CN(C2CCN(C)CC2)C4=O)C(=O)[N+]2(C)CC2C=C1)COc1ccc(C)cc1C. The summed E-state index contributed by atoms with van der Waals surface area (Å²) in [5.41, 5.74) is 6.28. The number of nitrogens with one attached hydrogen (secondary N) is 2. The molecule has 2 aromatic carbocycles. The summed E-state index contributed by atoms with van der Waals surface area (Å²) in [6.45, 7) is 9.04. The Kier molecular flexibility index (Phi) is 7.92. The van der Waals surface area contributed by atoms with E-state index in [1.54, 1.807) is 0 Å². The van der Waals surface area contributed by atoms with Gasteiger partial charge in [-0.3, -0.25) is 9.59 Å². The Hall–Kier alpha value is -4.48. The summed E-state index contributed by atoms with van der Waals surface area (Å²) in [6.07, 6.45) is 5.33. The summed E-state index contributed by atoms with van der Waals surface area (Å²) in [7, 11) is 4.06. The van der Waals surface area contributed by atoms with E-state index >= 15 is 0 Å². The predicted molar refractivity (Wildman–Crippen MR) is 177 cm³/mol. The number of benzene rings is 2. The predicted octanol–water partition coefficient (Wildman–Crippen LogP) is 3.47. The smallest absolute Gasteiger partial charge is 0.352 e. The van der Waals surface area contributed by atoms with Gasteiger partial charge in [0, 0.05) is 25.1 Å². The number of amides is 2. The van der Waals surface area contributed by atoms with Crippen molar-refractivity contribution in [2.45, 2.75) is 58.3 Å². The summed E-state index contributed by atoms with van der Waals surface area (Å²) < 4.78 is 11.9. The molecule has 11 nitrogen and oxygen atoms in total. The number of ether oxygens (including phenoxy) is 2. The topological polar surface area (TPSA) is 117 Å². The summed E-state index contributed by atoms with van der Waals surface area (Å²) in [5.74, 6) is 0.768. The average Bonchev–Trinajstić information content (AvgIpc) is 3.39. The molecular weight excluding hydrogens is 596 g/mol. The zero-order chi connectivity index (χ0) is 33.0. The van der Waals surface area contributed by atoms with Crippen LogP contribution in [-0.4, -0.2) is 107 Å². The minimum Gasteiger partial charge on any atom is -0.489 e. The van der Waals surface area contributed by atoms with Crippen LogP contribution in [0.2, 0.25) is 0 Å². The number of fused-ring (bicyclic) bond motifs is 3. The Labute approximate surface area is 274 Å². The summed E-state index contributed by atoms with van der Waals surface area (Å²) in [5, 5.41) is 3.39. The first-order valence-electron chi connectivity index (χ1n) is 16.5. The number of esters is 1. The van der Waals surface area contributed by atoms with E-state index in [1.807, 2.05) is 68.3 Å². The fraction of sp³-hybridized carbons (Fsp3) is 0.444. The summed E-state index contributed by atoms with van der Waals surface area (Å²) in [6, 6.07) is 10.1. The number of rotatable bonds is 9. The Morgan fingerprint density at radius 1 is 1.17 bits per heavy atom. The van der Waals surface area contributed by atoms with Gasteiger partial charge < -0.3 is 29.6 Å². The first kappa shape index (κ1) is 31.1. The van der Waals surface area contributed by atoms with Gasteiger partial charge in [0.25, 0.3) is 5.91 Å². The van der Waals surface area contributed by atoms with Gasteiger partial charge in [-0.15, -0.1) is 0 Å². The summed E-state index contributed by atoms with van der Waals surface area (Å²) in [4.78, 5) is 52.2. The number of allylic oxidation sites excluding steroid dienone is 1. The maximum absolute atomic E-state index is 14.1. The molecule has 3 aromatic rings. The molecule has 11 heteroatoms. The number of aryl methyl sites for hydroxylation is 2. The molecule has 0 aliphatic carbocycles. The van der Waals surface area contributed by atoms with Gasteiger partial charge in [0.15, 0.2) is 12.1 Å². The summed E-state index contributed by atoms with van der Waals surface area (Å²) >= 11 is 0. The number of piperidine rings is 1. The zero-order valence-electron chi connectivity index (χ0n) is 27.8. The lowest BCUT2D eigenvalue weighted by atomic mass is 10.0. The number of hydrogen-bond acceptors (Lipinski definition) is 8. The van der Waals surface area contributed by atoms with Crippen molar-refractivity contribution in [2.75, 3.05) is 46.9 Å². The molecule has 4 aliphatic heterocycles. The second kappa shape index (κ2) is 12.0. The molecule has 0 bridgehead atoms. The molecule has 4 aliphatic rings. The number of quaternary nitrogens is 1. The molecule has 7 rings (SSSR count). The molecule has 1 aromatic heterocycles. The lowest BCUT2D eigenvalue weighted by Gasteiger charge is -2.34. The van der Waals surface area contributed by atoms with Gasteiger partial charge in [0.1, 0.15) is 30.3 Å². The number of carbonyl (C=O) groups is 3. The molecule has 0 saturated carbocycles. The Morgan fingerprint density at radius 2 is 1.96 bits per heavy atom. The van der Waals surface area contributed by atoms with E-state index in [0.717, 1.165) is 60.4 Å². The van der Waals surface area contributed by atoms with E-state index < -0.39 is 12.1 Å². The van der Waals surface area contributed by atoms with Crippen molar-refractivity contribution in [3.05, 3.63) is 76.3 Å². The fourth-order valence-corrected chi connectivity index (χ4v) is 7.16. The molecule has 2 fully saturated rings. The first-order chi connectivity index (χ1) is 22.5. The quantitative estimate of drug-likeness (QED) is 0.208. The van der Waals surface area contributed by atoms with Crippen LogP contribution in [-0.2, 0) is 20.9 Å². The number of hydrogen-bond donors (Lipinski definition) is 2. The van der Waals surface area contributed by atoms with Gasteiger partial charge in [-0.2, -0.15) is 0 Å². The molecular formula is C36H43N6O5+. The number of likely N-dealkylation sites (N-methyl/N-ethyl adjacent to an activating group) is 1.